The summed E-state index contributed by atoms with van der Waals surface area (Å²) >= 11 is 0. The zero-order chi connectivity index (χ0) is 7.03. The molecule has 0 spiro atoms. The lowest BCUT2D eigenvalue weighted by Crippen LogP contribution is -2.09. The van der Waals surface area contributed by atoms with Crippen LogP contribution in [0.4, 0.5) is 0 Å². The quantitative estimate of drug-likeness (QED) is 0.369. The first kappa shape index (κ1) is 6.41. The van der Waals surface area contributed by atoms with Gasteiger partial charge in [-0.05, 0) is 32.6 Å². The van der Waals surface area contributed by atoms with Gasteiger partial charge < -0.3 is 4.74 Å². The van der Waals surface area contributed by atoms with E-state index in [4.69, 9.17) is 4.74 Å². The molecule has 0 aromatic heterocycles. The first-order valence-corrected chi connectivity index (χ1v) is 4.14. The van der Waals surface area contributed by atoms with Crippen molar-refractivity contribution in [3.05, 3.63) is 12.2 Å². The first-order valence-electron chi connectivity index (χ1n) is 4.14. The van der Waals surface area contributed by atoms with E-state index in [-0.39, 0.29) is 5.60 Å². The second kappa shape index (κ2) is 2.09. The van der Waals surface area contributed by atoms with Crippen LogP contribution in [0.15, 0.2) is 12.2 Å². The second-order valence-electron chi connectivity index (χ2n) is 3.51. The first-order chi connectivity index (χ1) is 4.81. The molecule has 0 radical (unpaired) electrons. The minimum Gasteiger partial charge on any atom is -0.366 e. The average Bonchev–Trinajstić information content (AvgIpc) is 2.44. The Morgan fingerprint density at radius 3 is 3.10 bits per heavy atom. The van der Waals surface area contributed by atoms with E-state index in [2.05, 4.69) is 19.1 Å². The fraction of sp³-hybridized carbons (Fsp3) is 0.778. The molecule has 10 heavy (non-hydrogen) atoms. The maximum atomic E-state index is 5.59. The van der Waals surface area contributed by atoms with E-state index in [1.165, 1.54) is 25.7 Å². The normalized spacial score (nSPS) is 45.5. The molecular formula is C9H14O. The predicted molar refractivity (Wildman–Crippen MR) is 40.9 cm³/mol. The van der Waals surface area contributed by atoms with Gasteiger partial charge in [0.1, 0.15) is 0 Å². The summed E-state index contributed by atoms with van der Waals surface area (Å²) in [4.78, 5) is 0. The minimum atomic E-state index is 0.269. The Morgan fingerprint density at radius 2 is 2.20 bits per heavy atom. The summed E-state index contributed by atoms with van der Waals surface area (Å²) in [6, 6.07) is 0. The molecule has 0 bridgehead atoms. The lowest BCUT2D eigenvalue weighted by molar-refractivity contribution is 0.296. The summed E-state index contributed by atoms with van der Waals surface area (Å²) in [5.41, 5.74) is 0.269. The van der Waals surface area contributed by atoms with Gasteiger partial charge in [-0.1, -0.05) is 12.2 Å². The van der Waals surface area contributed by atoms with Crippen LogP contribution in [0.2, 0.25) is 0 Å². The van der Waals surface area contributed by atoms with E-state index in [9.17, 15) is 0 Å². The Labute approximate surface area is 62.1 Å². The van der Waals surface area contributed by atoms with E-state index >= 15 is 0 Å². The van der Waals surface area contributed by atoms with Gasteiger partial charge in [0.2, 0.25) is 0 Å². The van der Waals surface area contributed by atoms with Gasteiger partial charge in [0.15, 0.2) is 0 Å². The molecule has 2 atom stereocenters. The van der Waals surface area contributed by atoms with Crippen molar-refractivity contribution >= 4 is 0 Å². The molecule has 56 valence electrons. The Bertz CT molecular complexity index is 162. The van der Waals surface area contributed by atoms with Gasteiger partial charge in [-0.15, -0.1) is 0 Å². The topological polar surface area (TPSA) is 12.5 Å². The summed E-state index contributed by atoms with van der Waals surface area (Å²) in [6.45, 7) is 2.23. The maximum absolute atomic E-state index is 5.59. The fourth-order valence-corrected chi connectivity index (χ4v) is 1.73. The molecule has 0 aromatic carbocycles. The fourth-order valence-electron chi connectivity index (χ4n) is 1.73. The van der Waals surface area contributed by atoms with Crippen LogP contribution in [-0.2, 0) is 4.74 Å². The number of ether oxygens (including phenoxy) is 1. The third-order valence-electron chi connectivity index (χ3n) is 2.60. The van der Waals surface area contributed by atoms with Crippen LogP contribution >= 0.6 is 0 Å². The van der Waals surface area contributed by atoms with Crippen LogP contribution in [-0.4, -0.2) is 11.7 Å². The summed E-state index contributed by atoms with van der Waals surface area (Å²) in [5.74, 6) is 0. The van der Waals surface area contributed by atoms with E-state index in [1.54, 1.807) is 0 Å². The number of epoxide rings is 1. The van der Waals surface area contributed by atoms with Crippen LogP contribution in [0.25, 0.3) is 0 Å². The van der Waals surface area contributed by atoms with Gasteiger partial charge in [-0.2, -0.15) is 0 Å². The summed E-state index contributed by atoms with van der Waals surface area (Å²) in [5, 5.41) is 0. The summed E-state index contributed by atoms with van der Waals surface area (Å²) in [6.07, 6.45) is 10.00. The molecule has 2 aliphatic rings. The van der Waals surface area contributed by atoms with Crippen molar-refractivity contribution in [2.75, 3.05) is 0 Å². The Hall–Kier alpha value is -0.300. The minimum absolute atomic E-state index is 0.269. The van der Waals surface area contributed by atoms with Crippen molar-refractivity contribution in [1.82, 2.24) is 0 Å². The Kier molecular flexibility index (Phi) is 1.34. The molecule has 0 N–H and O–H groups in total. The monoisotopic (exact) mass is 138 g/mol. The summed E-state index contributed by atoms with van der Waals surface area (Å²) < 4.78 is 5.59. The standard InChI is InChI=1S/C9H14O/c1-9-7-5-3-2-4-6-8(9)10-9/h2-3,8H,4-7H2,1H3. The SMILES string of the molecule is CC12CCC=CCCC1O2. The van der Waals surface area contributed by atoms with E-state index in [1.807, 2.05) is 0 Å². The molecule has 0 amide bonds. The Morgan fingerprint density at radius 1 is 1.40 bits per heavy atom. The molecule has 1 fully saturated rings. The highest BCUT2D eigenvalue weighted by Gasteiger charge is 2.50. The smallest absolute Gasteiger partial charge is 0.0923 e. The van der Waals surface area contributed by atoms with Crippen LogP contribution in [0.3, 0.4) is 0 Å². The summed E-state index contributed by atoms with van der Waals surface area (Å²) in [7, 11) is 0. The van der Waals surface area contributed by atoms with Crippen molar-refractivity contribution in [3.8, 4) is 0 Å². The predicted octanol–water partition coefficient (Wildman–Crippen LogP) is 2.27. The van der Waals surface area contributed by atoms with Crippen molar-refractivity contribution in [2.24, 2.45) is 0 Å². The van der Waals surface area contributed by atoms with Gasteiger partial charge in [-0.3, -0.25) is 0 Å². The second-order valence-corrected chi connectivity index (χ2v) is 3.51. The molecule has 0 saturated carbocycles. The van der Waals surface area contributed by atoms with Crippen LogP contribution in [0.5, 0.6) is 0 Å². The molecule has 1 aliphatic heterocycles. The molecule has 0 aromatic rings. The van der Waals surface area contributed by atoms with Gasteiger partial charge in [0.05, 0.1) is 11.7 Å². The van der Waals surface area contributed by atoms with Gasteiger partial charge in [0, 0.05) is 0 Å². The highest BCUT2D eigenvalue weighted by Crippen LogP contribution is 2.43. The molecule has 2 unspecified atom stereocenters. The highest BCUT2D eigenvalue weighted by molar-refractivity contribution is 5.03. The Balaban J connectivity index is 2.00. The molecular weight excluding hydrogens is 124 g/mol. The molecule has 1 saturated heterocycles. The van der Waals surface area contributed by atoms with Crippen LogP contribution < -0.4 is 0 Å². The number of fused-ring (bicyclic) bond motifs is 1. The van der Waals surface area contributed by atoms with Crippen molar-refractivity contribution < 1.29 is 4.74 Å². The van der Waals surface area contributed by atoms with Crippen molar-refractivity contribution in [2.45, 2.75) is 44.3 Å². The zero-order valence-corrected chi connectivity index (χ0v) is 6.47. The van der Waals surface area contributed by atoms with Gasteiger partial charge >= 0.3 is 0 Å². The third kappa shape index (κ3) is 0.988. The highest BCUT2D eigenvalue weighted by atomic mass is 16.6. The van der Waals surface area contributed by atoms with Gasteiger partial charge in [0.25, 0.3) is 0 Å². The lowest BCUT2D eigenvalue weighted by atomic mass is 9.96. The van der Waals surface area contributed by atoms with Crippen molar-refractivity contribution in [3.63, 3.8) is 0 Å². The number of allylic oxidation sites excluding steroid dienone is 2. The van der Waals surface area contributed by atoms with E-state index in [0.29, 0.717) is 6.10 Å². The van der Waals surface area contributed by atoms with Crippen LogP contribution in [0, 0.1) is 0 Å². The molecule has 2 rings (SSSR count). The zero-order valence-electron chi connectivity index (χ0n) is 6.47. The molecule has 1 aliphatic carbocycles. The number of hydrogen-bond donors (Lipinski definition) is 0. The number of hydrogen-bond acceptors (Lipinski definition) is 1. The van der Waals surface area contributed by atoms with Crippen molar-refractivity contribution in [1.29, 1.82) is 0 Å². The average molecular weight is 138 g/mol. The number of rotatable bonds is 0. The van der Waals surface area contributed by atoms with Crippen LogP contribution in [0.1, 0.15) is 32.6 Å². The van der Waals surface area contributed by atoms with Gasteiger partial charge in [-0.25, -0.2) is 0 Å². The van der Waals surface area contributed by atoms with E-state index < -0.39 is 0 Å². The molecule has 1 heterocycles. The largest absolute Gasteiger partial charge is 0.366 e. The third-order valence-corrected chi connectivity index (χ3v) is 2.60. The maximum Gasteiger partial charge on any atom is 0.0923 e. The molecule has 1 nitrogen and oxygen atoms in total. The van der Waals surface area contributed by atoms with E-state index in [0.717, 1.165) is 0 Å². The molecule has 1 heteroatoms. The lowest BCUT2D eigenvalue weighted by Gasteiger charge is -2.05.